The monoisotopic (exact) mass is 266 g/mol. The van der Waals surface area contributed by atoms with Gasteiger partial charge in [-0.25, -0.2) is 0 Å². The molecule has 0 bridgehead atoms. The summed E-state index contributed by atoms with van der Waals surface area (Å²) >= 11 is 0. The van der Waals surface area contributed by atoms with Crippen LogP contribution >= 0.6 is 0 Å². The van der Waals surface area contributed by atoms with E-state index in [9.17, 15) is 4.79 Å². The molecule has 0 aromatic rings. The molecule has 1 saturated heterocycles. The fraction of sp³-hybridized carbons (Fsp3) is 0.938. The SMILES string of the molecule is CC1(C)CCC(NCCC(=O)N2CCCCC2)CC1. The number of likely N-dealkylation sites (tertiary alicyclic amines) is 1. The maximum absolute atomic E-state index is 12.0. The molecular formula is C16H30N2O. The smallest absolute Gasteiger partial charge is 0.223 e. The molecule has 1 amide bonds. The molecule has 0 radical (unpaired) electrons. The van der Waals surface area contributed by atoms with Crippen LogP contribution in [0.25, 0.3) is 0 Å². The van der Waals surface area contributed by atoms with Crippen molar-refractivity contribution in [3.63, 3.8) is 0 Å². The van der Waals surface area contributed by atoms with E-state index < -0.39 is 0 Å². The lowest BCUT2D eigenvalue weighted by atomic mass is 9.75. The van der Waals surface area contributed by atoms with E-state index in [-0.39, 0.29) is 0 Å². The van der Waals surface area contributed by atoms with Crippen LogP contribution < -0.4 is 5.32 Å². The summed E-state index contributed by atoms with van der Waals surface area (Å²) in [5.41, 5.74) is 0.530. The highest BCUT2D eigenvalue weighted by Crippen LogP contribution is 2.34. The Labute approximate surface area is 118 Å². The lowest BCUT2D eigenvalue weighted by molar-refractivity contribution is -0.132. The van der Waals surface area contributed by atoms with Crippen LogP contribution in [0, 0.1) is 5.41 Å². The zero-order valence-electron chi connectivity index (χ0n) is 12.7. The van der Waals surface area contributed by atoms with Gasteiger partial charge in [-0.3, -0.25) is 4.79 Å². The second kappa shape index (κ2) is 6.74. The minimum atomic E-state index is 0.350. The summed E-state index contributed by atoms with van der Waals surface area (Å²) in [5.74, 6) is 0.350. The first-order chi connectivity index (χ1) is 9.07. The van der Waals surface area contributed by atoms with Gasteiger partial charge in [-0.05, 0) is 50.4 Å². The molecule has 1 saturated carbocycles. The maximum Gasteiger partial charge on any atom is 0.223 e. The average molecular weight is 266 g/mol. The average Bonchev–Trinajstić information content (AvgIpc) is 2.41. The minimum absolute atomic E-state index is 0.350. The van der Waals surface area contributed by atoms with Crippen LogP contribution in [-0.2, 0) is 4.79 Å². The topological polar surface area (TPSA) is 32.3 Å². The van der Waals surface area contributed by atoms with Crippen molar-refractivity contribution >= 4 is 5.91 Å². The zero-order valence-corrected chi connectivity index (χ0v) is 12.7. The van der Waals surface area contributed by atoms with E-state index in [4.69, 9.17) is 0 Å². The first-order valence-electron chi connectivity index (χ1n) is 8.08. The Morgan fingerprint density at radius 1 is 1.16 bits per heavy atom. The molecule has 3 heteroatoms. The van der Waals surface area contributed by atoms with Crippen molar-refractivity contribution in [2.45, 2.75) is 71.3 Å². The van der Waals surface area contributed by atoms with Crippen LogP contribution in [0.5, 0.6) is 0 Å². The lowest BCUT2D eigenvalue weighted by Crippen LogP contribution is -2.40. The number of carbonyl (C=O) groups excluding carboxylic acids is 1. The van der Waals surface area contributed by atoms with Crippen LogP contribution in [0.1, 0.15) is 65.2 Å². The van der Waals surface area contributed by atoms with E-state index in [1.165, 1.54) is 44.9 Å². The van der Waals surface area contributed by atoms with E-state index in [2.05, 4.69) is 24.1 Å². The highest BCUT2D eigenvalue weighted by atomic mass is 16.2. The van der Waals surface area contributed by atoms with Crippen molar-refractivity contribution in [1.82, 2.24) is 10.2 Å². The number of carbonyl (C=O) groups is 1. The number of nitrogens with zero attached hydrogens (tertiary/aromatic N) is 1. The summed E-state index contributed by atoms with van der Waals surface area (Å²) in [6.07, 6.45) is 9.51. The summed E-state index contributed by atoms with van der Waals surface area (Å²) in [6, 6.07) is 0.641. The quantitative estimate of drug-likeness (QED) is 0.848. The van der Waals surface area contributed by atoms with E-state index in [0.717, 1.165) is 19.6 Å². The van der Waals surface area contributed by atoms with Gasteiger partial charge in [-0.1, -0.05) is 13.8 Å². The maximum atomic E-state index is 12.0. The zero-order chi connectivity index (χ0) is 13.7. The molecule has 2 aliphatic rings. The Morgan fingerprint density at radius 3 is 2.42 bits per heavy atom. The second-order valence-corrected chi connectivity index (χ2v) is 7.08. The molecule has 2 fully saturated rings. The largest absolute Gasteiger partial charge is 0.343 e. The van der Waals surface area contributed by atoms with E-state index in [1.807, 2.05) is 0 Å². The molecule has 1 aliphatic carbocycles. The third kappa shape index (κ3) is 4.79. The van der Waals surface area contributed by atoms with Crippen molar-refractivity contribution in [2.24, 2.45) is 5.41 Å². The van der Waals surface area contributed by atoms with Gasteiger partial charge in [0.1, 0.15) is 0 Å². The number of hydrogen-bond donors (Lipinski definition) is 1. The Bertz CT molecular complexity index is 285. The van der Waals surface area contributed by atoms with Gasteiger partial charge in [0.05, 0.1) is 0 Å². The van der Waals surface area contributed by atoms with Crippen molar-refractivity contribution in [1.29, 1.82) is 0 Å². The number of piperidine rings is 1. The molecular weight excluding hydrogens is 236 g/mol. The molecule has 0 unspecified atom stereocenters. The number of nitrogens with one attached hydrogen (secondary N) is 1. The normalized spacial score (nSPS) is 24.4. The molecule has 2 rings (SSSR count). The van der Waals surface area contributed by atoms with Gasteiger partial charge in [0.15, 0.2) is 0 Å². The van der Waals surface area contributed by atoms with Crippen molar-refractivity contribution in [3.8, 4) is 0 Å². The summed E-state index contributed by atoms with van der Waals surface area (Å²) in [5, 5.41) is 3.58. The summed E-state index contributed by atoms with van der Waals surface area (Å²) in [4.78, 5) is 14.1. The fourth-order valence-corrected chi connectivity index (χ4v) is 3.29. The van der Waals surface area contributed by atoms with Gasteiger partial charge < -0.3 is 10.2 Å². The lowest BCUT2D eigenvalue weighted by Gasteiger charge is -2.35. The molecule has 1 N–H and O–H groups in total. The van der Waals surface area contributed by atoms with Gasteiger partial charge >= 0.3 is 0 Å². The molecule has 0 aromatic heterocycles. The fourth-order valence-electron chi connectivity index (χ4n) is 3.29. The predicted octanol–water partition coefficient (Wildman–Crippen LogP) is 2.95. The van der Waals surface area contributed by atoms with Crippen molar-refractivity contribution in [2.75, 3.05) is 19.6 Å². The van der Waals surface area contributed by atoms with Crippen LogP contribution in [0.2, 0.25) is 0 Å². The Morgan fingerprint density at radius 2 is 1.79 bits per heavy atom. The predicted molar refractivity (Wildman–Crippen MR) is 79.1 cm³/mol. The standard InChI is InChI=1S/C16H30N2O/c1-16(2)9-6-14(7-10-16)17-11-8-15(19)18-12-4-3-5-13-18/h14,17H,3-13H2,1-2H3. The molecule has 1 aliphatic heterocycles. The summed E-state index contributed by atoms with van der Waals surface area (Å²) < 4.78 is 0. The number of amides is 1. The molecule has 0 atom stereocenters. The summed E-state index contributed by atoms with van der Waals surface area (Å²) in [7, 11) is 0. The molecule has 110 valence electrons. The first-order valence-corrected chi connectivity index (χ1v) is 8.08. The molecule has 0 aromatic carbocycles. The van der Waals surface area contributed by atoms with Crippen LogP contribution in [0.3, 0.4) is 0 Å². The van der Waals surface area contributed by atoms with Gasteiger partial charge in [0, 0.05) is 32.1 Å². The van der Waals surface area contributed by atoms with Crippen molar-refractivity contribution in [3.05, 3.63) is 0 Å². The third-order valence-corrected chi connectivity index (χ3v) is 4.82. The summed E-state index contributed by atoms with van der Waals surface area (Å²) in [6.45, 7) is 7.56. The van der Waals surface area contributed by atoms with Gasteiger partial charge in [-0.15, -0.1) is 0 Å². The van der Waals surface area contributed by atoms with Gasteiger partial charge in [0.2, 0.25) is 5.91 Å². The van der Waals surface area contributed by atoms with Crippen LogP contribution in [-0.4, -0.2) is 36.5 Å². The van der Waals surface area contributed by atoms with E-state index in [0.29, 0.717) is 23.8 Å². The van der Waals surface area contributed by atoms with Gasteiger partial charge in [0.25, 0.3) is 0 Å². The number of hydrogen-bond acceptors (Lipinski definition) is 2. The van der Waals surface area contributed by atoms with E-state index >= 15 is 0 Å². The van der Waals surface area contributed by atoms with Crippen LogP contribution in [0.4, 0.5) is 0 Å². The third-order valence-electron chi connectivity index (χ3n) is 4.82. The molecule has 0 spiro atoms. The molecule has 3 nitrogen and oxygen atoms in total. The Kier molecular flexibility index (Phi) is 5.26. The Balaban J connectivity index is 1.60. The highest BCUT2D eigenvalue weighted by Gasteiger charge is 2.26. The second-order valence-electron chi connectivity index (χ2n) is 7.08. The van der Waals surface area contributed by atoms with E-state index in [1.54, 1.807) is 0 Å². The molecule has 1 heterocycles. The molecule has 19 heavy (non-hydrogen) atoms. The van der Waals surface area contributed by atoms with Gasteiger partial charge in [-0.2, -0.15) is 0 Å². The number of rotatable bonds is 4. The van der Waals surface area contributed by atoms with Crippen molar-refractivity contribution < 1.29 is 4.79 Å². The van der Waals surface area contributed by atoms with Crippen LogP contribution in [0.15, 0.2) is 0 Å². The first kappa shape index (κ1) is 14.8. The Hall–Kier alpha value is -0.570. The highest BCUT2D eigenvalue weighted by molar-refractivity contribution is 5.76. The minimum Gasteiger partial charge on any atom is -0.343 e.